The van der Waals surface area contributed by atoms with Crippen molar-refractivity contribution in [1.82, 2.24) is 4.98 Å². The van der Waals surface area contributed by atoms with Crippen LogP contribution in [0.5, 0.6) is 0 Å². The topological polar surface area (TPSA) is 59.2 Å². The molecule has 6 heteroatoms. The molecule has 0 unspecified atom stereocenters. The quantitative estimate of drug-likeness (QED) is 0.785. The predicted molar refractivity (Wildman–Crippen MR) is 51.1 cm³/mol. The van der Waals surface area contributed by atoms with Gasteiger partial charge in [0.05, 0.1) is 12.1 Å². The third kappa shape index (κ3) is 2.10. The van der Waals surface area contributed by atoms with Gasteiger partial charge in [0.25, 0.3) is 5.56 Å². The second-order valence-electron chi connectivity index (χ2n) is 2.17. The second-order valence-corrected chi connectivity index (χ2v) is 3.37. The normalized spacial score (nSPS) is 9.77. The number of hydrogen-bond acceptors (Lipinski definition) is 3. The van der Waals surface area contributed by atoms with Gasteiger partial charge in [-0.05, 0) is 22.0 Å². The highest BCUT2D eigenvalue weighted by molar-refractivity contribution is 9.10. The van der Waals surface area contributed by atoms with Gasteiger partial charge in [0.2, 0.25) is 0 Å². The highest BCUT2D eigenvalue weighted by Gasteiger charge is 2.10. The third-order valence-electron chi connectivity index (χ3n) is 1.33. The maximum Gasteiger partial charge on any atom is 0.354 e. The van der Waals surface area contributed by atoms with E-state index in [4.69, 9.17) is 11.6 Å². The molecule has 0 spiro atoms. The first kappa shape index (κ1) is 10.3. The Labute approximate surface area is 87.0 Å². The predicted octanol–water partition coefficient (Wildman–Crippen LogP) is 1.58. The van der Waals surface area contributed by atoms with Crippen LogP contribution in [-0.2, 0) is 4.74 Å². The van der Waals surface area contributed by atoms with Crippen molar-refractivity contribution in [3.63, 3.8) is 0 Å². The minimum atomic E-state index is -0.633. The largest absolute Gasteiger partial charge is 0.464 e. The Kier molecular flexibility index (Phi) is 3.11. The molecule has 1 aromatic rings. The van der Waals surface area contributed by atoms with E-state index in [1.165, 1.54) is 13.2 Å². The van der Waals surface area contributed by atoms with Gasteiger partial charge < -0.3 is 9.72 Å². The number of hydrogen-bond donors (Lipinski definition) is 1. The second kappa shape index (κ2) is 3.93. The molecule has 0 bridgehead atoms. The number of halogens is 2. The van der Waals surface area contributed by atoms with Crippen LogP contribution in [0.4, 0.5) is 0 Å². The SMILES string of the molecule is COC(=O)c1cc(Cl)c(Br)c(=O)[nH]1. The molecule has 70 valence electrons. The molecule has 0 aromatic carbocycles. The Morgan fingerprint density at radius 2 is 2.31 bits per heavy atom. The molecule has 0 saturated heterocycles. The molecular formula is C7H5BrClNO3. The summed E-state index contributed by atoms with van der Waals surface area (Å²) in [6.07, 6.45) is 0. The average Bonchev–Trinajstić information content (AvgIpc) is 2.12. The van der Waals surface area contributed by atoms with E-state index in [-0.39, 0.29) is 15.2 Å². The maximum atomic E-state index is 11.1. The first-order valence-electron chi connectivity index (χ1n) is 3.23. The lowest BCUT2D eigenvalue weighted by Gasteiger charge is -2.00. The molecule has 1 heterocycles. The zero-order chi connectivity index (χ0) is 10.0. The molecular weight excluding hydrogens is 261 g/mol. The van der Waals surface area contributed by atoms with Crippen molar-refractivity contribution in [1.29, 1.82) is 0 Å². The van der Waals surface area contributed by atoms with Gasteiger partial charge in [0.1, 0.15) is 10.2 Å². The Balaban J connectivity index is 3.29. The van der Waals surface area contributed by atoms with Crippen LogP contribution >= 0.6 is 27.5 Å². The van der Waals surface area contributed by atoms with Gasteiger partial charge in [-0.3, -0.25) is 4.79 Å². The summed E-state index contributed by atoms with van der Waals surface area (Å²) in [6.45, 7) is 0. The number of rotatable bonds is 1. The van der Waals surface area contributed by atoms with Gasteiger partial charge in [0, 0.05) is 0 Å². The summed E-state index contributed by atoms with van der Waals surface area (Å²) in [5.41, 5.74) is -0.436. The van der Waals surface area contributed by atoms with E-state index >= 15 is 0 Å². The van der Waals surface area contributed by atoms with Crippen molar-refractivity contribution in [2.75, 3.05) is 7.11 Å². The van der Waals surface area contributed by atoms with E-state index in [9.17, 15) is 9.59 Å². The molecule has 0 fully saturated rings. The number of methoxy groups -OCH3 is 1. The Morgan fingerprint density at radius 3 is 2.77 bits per heavy atom. The van der Waals surface area contributed by atoms with Gasteiger partial charge in [-0.25, -0.2) is 4.79 Å². The van der Waals surface area contributed by atoms with E-state index < -0.39 is 11.5 Å². The average molecular weight is 266 g/mol. The number of aromatic nitrogens is 1. The van der Waals surface area contributed by atoms with Crippen molar-refractivity contribution >= 4 is 33.5 Å². The Morgan fingerprint density at radius 1 is 1.69 bits per heavy atom. The zero-order valence-corrected chi connectivity index (χ0v) is 8.90. The molecule has 0 aliphatic carbocycles. The number of ether oxygens (including phenoxy) is 1. The fraction of sp³-hybridized carbons (Fsp3) is 0.143. The van der Waals surface area contributed by atoms with E-state index in [0.29, 0.717) is 0 Å². The third-order valence-corrected chi connectivity index (χ3v) is 2.65. The van der Waals surface area contributed by atoms with E-state index in [0.717, 1.165) is 0 Å². The Hall–Kier alpha value is -0.810. The number of carbonyl (C=O) groups is 1. The lowest BCUT2D eigenvalue weighted by Crippen LogP contribution is -2.14. The summed E-state index contributed by atoms with van der Waals surface area (Å²) in [6, 6.07) is 1.32. The van der Waals surface area contributed by atoms with Crippen LogP contribution in [0.25, 0.3) is 0 Å². The molecule has 1 rings (SSSR count). The lowest BCUT2D eigenvalue weighted by atomic mass is 10.3. The van der Waals surface area contributed by atoms with Gasteiger partial charge in [-0.1, -0.05) is 11.6 Å². The summed E-state index contributed by atoms with van der Waals surface area (Å²) in [7, 11) is 1.22. The smallest absolute Gasteiger partial charge is 0.354 e. The molecule has 13 heavy (non-hydrogen) atoms. The maximum absolute atomic E-state index is 11.1. The van der Waals surface area contributed by atoms with Crippen molar-refractivity contribution in [2.45, 2.75) is 0 Å². The van der Waals surface area contributed by atoms with Crippen LogP contribution in [0.15, 0.2) is 15.3 Å². The van der Waals surface area contributed by atoms with Crippen molar-refractivity contribution in [2.24, 2.45) is 0 Å². The monoisotopic (exact) mass is 265 g/mol. The number of aromatic amines is 1. The summed E-state index contributed by atoms with van der Waals surface area (Å²) < 4.78 is 4.60. The molecule has 1 N–H and O–H groups in total. The van der Waals surface area contributed by atoms with Crippen LogP contribution in [0.3, 0.4) is 0 Å². The standard InChI is InChI=1S/C7H5BrClNO3/c1-13-7(12)4-2-3(9)5(8)6(11)10-4/h2H,1H3,(H,10,11). The number of esters is 1. The van der Waals surface area contributed by atoms with Crippen LogP contribution < -0.4 is 5.56 Å². The molecule has 0 aliphatic heterocycles. The van der Waals surface area contributed by atoms with Crippen LogP contribution in [-0.4, -0.2) is 18.1 Å². The van der Waals surface area contributed by atoms with Gasteiger partial charge in [0.15, 0.2) is 0 Å². The fourth-order valence-corrected chi connectivity index (χ4v) is 1.14. The van der Waals surface area contributed by atoms with Crippen LogP contribution in [0, 0.1) is 0 Å². The lowest BCUT2D eigenvalue weighted by molar-refractivity contribution is 0.0593. The first-order chi connectivity index (χ1) is 6.06. The molecule has 4 nitrogen and oxygen atoms in total. The molecule has 0 aliphatic rings. The summed E-state index contributed by atoms with van der Waals surface area (Å²) >= 11 is 8.60. The summed E-state index contributed by atoms with van der Waals surface area (Å²) in [5.74, 6) is -0.633. The highest BCUT2D eigenvalue weighted by atomic mass is 79.9. The zero-order valence-electron chi connectivity index (χ0n) is 6.56. The fourth-order valence-electron chi connectivity index (χ4n) is 0.732. The minimum absolute atomic E-state index is 0.0284. The summed E-state index contributed by atoms with van der Waals surface area (Å²) in [4.78, 5) is 24.4. The van der Waals surface area contributed by atoms with Crippen molar-refractivity contribution < 1.29 is 9.53 Å². The minimum Gasteiger partial charge on any atom is -0.464 e. The molecule has 0 amide bonds. The summed E-state index contributed by atoms with van der Waals surface area (Å²) in [5, 5.41) is 0.171. The van der Waals surface area contributed by atoms with Crippen molar-refractivity contribution in [3.05, 3.63) is 31.6 Å². The molecule has 1 aromatic heterocycles. The molecule has 0 saturated carbocycles. The van der Waals surface area contributed by atoms with Gasteiger partial charge in [-0.2, -0.15) is 0 Å². The molecule has 0 atom stereocenters. The van der Waals surface area contributed by atoms with Gasteiger partial charge in [-0.15, -0.1) is 0 Å². The molecule has 0 radical (unpaired) electrons. The van der Waals surface area contributed by atoms with Crippen LogP contribution in [0.1, 0.15) is 10.5 Å². The van der Waals surface area contributed by atoms with E-state index in [1.807, 2.05) is 0 Å². The van der Waals surface area contributed by atoms with Gasteiger partial charge >= 0.3 is 5.97 Å². The van der Waals surface area contributed by atoms with E-state index in [1.54, 1.807) is 0 Å². The van der Waals surface area contributed by atoms with Crippen LogP contribution in [0.2, 0.25) is 5.02 Å². The number of H-pyrrole nitrogens is 1. The van der Waals surface area contributed by atoms with E-state index in [2.05, 4.69) is 25.7 Å². The number of carbonyl (C=O) groups excluding carboxylic acids is 1. The first-order valence-corrected chi connectivity index (χ1v) is 4.40. The number of pyridine rings is 1. The highest BCUT2D eigenvalue weighted by Crippen LogP contribution is 2.17. The Bertz CT molecular complexity index is 401. The number of nitrogens with one attached hydrogen (secondary N) is 1. The van der Waals surface area contributed by atoms with Crippen molar-refractivity contribution in [3.8, 4) is 0 Å².